The van der Waals surface area contributed by atoms with Crippen molar-refractivity contribution < 1.29 is 58.8 Å². The highest BCUT2D eigenvalue weighted by Gasteiger charge is 2.34. The van der Waals surface area contributed by atoms with Gasteiger partial charge in [-0.25, -0.2) is 4.79 Å². The van der Waals surface area contributed by atoms with Crippen LogP contribution in [0.2, 0.25) is 0 Å². The fraction of sp³-hybridized carbons (Fsp3) is 0.474. The van der Waals surface area contributed by atoms with Gasteiger partial charge in [-0.1, -0.05) is 56.3 Å². The monoisotopic (exact) mass is 799 g/mol. The van der Waals surface area contributed by atoms with Gasteiger partial charge >= 0.3 is 17.9 Å². The summed E-state index contributed by atoms with van der Waals surface area (Å²) in [5, 5.41) is 50.2. The Labute approximate surface area is 329 Å². The topological polar surface area (TPSA) is 330 Å². The second-order valence-corrected chi connectivity index (χ2v) is 13.9. The van der Waals surface area contributed by atoms with Crippen molar-refractivity contribution >= 4 is 47.4 Å². The number of hydrogen-bond donors (Lipinski definition) is 11. The van der Waals surface area contributed by atoms with Crippen LogP contribution in [0.15, 0.2) is 54.6 Å². The molecule has 13 N–H and O–H groups in total. The first-order chi connectivity index (χ1) is 26.9. The molecule has 312 valence electrons. The van der Waals surface area contributed by atoms with E-state index in [1.807, 2.05) is 0 Å². The van der Waals surface area contributed by atoms with E-state index in [2.05, 4.69) is 26.6 Å². The smallest absolute Gasteiger partial charge is 0.326 e. The van der Waals surface area contributed by atoms with E-state index in [1.165, 1.54) is 24.3 Å². The SMILES string of the molecule is CC(C)C[C@H](NC(=O)[C@H](CC(=O)O)NC(=O)[C@@H](N)Cc1ccc(O)cc1)C(=O)N[C@@H](CC(=O)O)C(=O)N[C@@H](Cc1ccccc1)C(=O)N[C@@H](CCCCN)C(=O)O. The molecular formula is C38H53N7O12. The van der Waals surface area contributed by atoms with Crippen molar-refractivity contribution in [2.45, 2.75) is 101 Å². The molecule has 2 aromatic rings. The molecule has 5 amide bonds. The van der Waals surface area contributed by atoms with E-state index in [0.717, 1.165) is 0 Å². The first-order valence-electron chi connectivity index (χ1n) is 18.4. The molecule has 19 nitrogen and oxygen atoms in total. The van der Waals surface area contributed by atoms with Crippen molar-refractivity contribution in [3.8, 4) is 5.75 Å². The highest BCUT2D eigenvalue weighted by Crippen LogP contribution is 2.12. The molecule has 0 aliphatic heterocycles. The van der Waals surface area contributed by atoms with Crippen LogP contribution in [-0.4, -0.2) is 111 Å². The second kappa shape index (κ2) is 23.8. The van der Waals surface area contributed by atoms with Crippen LogP contribution in [0.5, 0.6) is 5.75 Å². The summed E-state index contributed by atoms with van der Waals surface area (Å²) >= 11 is 0. The number of nitrogens with two attached hydrogens (primary N) is 2. The summed E-state index contributed by atoms with van der Waals surface area (Å²) in [6.45, 7) is 3.70. The number of aromatic hydroxyl groups is 1. The number of carbonyl (C=O) groups excluding carboxylic acids is 5. The molecule has 0 aromatic heterocycles. The first-order valence-corrected chi connectivity index (χ1v) is 18.4. The molecule has 57 heavy (non-hydrogen) atoms. The van der Waals surface area contributed by atoms with Gasteiger partial charge in [0.25, 0.3) is 0 Å². The van der Waals surface area contributed by atoms with E-state index >= 15 is 0 Å². The molecule has 2 rings (SSSR count). The molecule has 0 unspecified atom stereocenters. The summed E-state index contributed by atoms with van der Waals surface area (Å²) in [7, 11) is 0. The number of carbonyl (C=O) groups is 8. The number of phenolic OH excluding ortho intramolecular Hbond substituents is 1. The molecule has 0 aliphatic rings. The normalized spacial score (nSPS) is 14.1. The number of rotatable bonds is 25. The maximum absolute atomic E-state index is 13.7. The summed E-state index contributed by atoms with van der Waals surface area (Å²) in [6, 6.07) is 5.24. The van der Waals surface area contributed by atoms with Gasteiger partial charge in [-0.3, -0.25) is 33.6 Å². The summed E-state index contributed by atoms with van der Waals surface area (Å²) in [5.74, 6) is -9.58. The number of amides is 5. The maximum atomic E-state index is 13.7. The number of benzene rings is 2. The fourth-order valence-corrected chi connectivity index (χ4v) is 5.63. The number of carboxylic acid groups (broad SMARTS) is 3. The lowest BCUT2D eigenvalue weighted by Gasteiger charge is -2.27. The quantitative estimate of drug-likeness (QED) is 0.0545. The Bertz CT molecular complexity index is 1690. The van der Waals surface area contributed by atoms with E-state index in [-0.39, 0.29) is 37.4 Å². The highest BCUT2D eigenvalue weighted by atomic mass is 16.4. The standard InChI is InChI=1S/C38H53N7O12/c1-21(2)16-27(43-36(54)29(19-31(47)48)42-33(51)25(40)17-23-11-13-24(46)14-12-23)34(52)45-30(20-32(49)50)37(55)44-28(18-22-8-4-3-5-9-22)35(53)41-26(38(56)57)10-6-7-15-39/h3-5,8-9,11-14,21,25-30,46H,6-7,10,15-20,39-40H2,1-2H3,(H,41,53)(H,42,51)(H,43,54)(H,44,55)(H,45,52)(H,47,48)(H,49,50)(H,56,57)/t25-,26-,27-,28-,29-,30-/m0/s1. The molecule has 2 aromatic carbocycles. The Hall–Kier alpha value is -6.08. The van der Waals surface area contributed by atoms with Gasteiger partial charge in [-0.15, -0.1) is 0 Å². The van der Waals surface area contributed by atoms with Gasteiger partial charge in [0.1, 0.15) is 36.0 Å². The van der Waals surface area contributed by atoms with Crippen molar-refractivity contribution in [3.63, 3.8) is 0 Å². The van der Waals surface area contributed by atoms with E-state index in [4.69, 9.17) is 11.5 Å². The van der Waals surface area contributed by atoms with Crippen molar-refractivity contribution in [3.05, 3.63) is 65.7 Å². The minimum Gasteiger partial charge on any atom is -0.508 e. The van der Waals surface area contributed by atoms with Crippen molar-refractivity contribution in [2.75, 3.05) is 6.54 Å². The summed E-state index contributed by atoms with van der Waals surface area (Å²) < 4.78 is 0. The molecular weight excluding hydrogens is 746 g/mol. The number of nitrogens with one attached hydrogen (secondary N) is 5. The second-order valence-electron chi connectivity index (χ2n) is 13.9. The first kappa shape index (κ1) is 47.1. The molecule has 0 radical (unpaired) electrons. The van der Waals surface area contributed by atoms with Crippen LogP contribution in [0, 0.1) is 5.92 Å². The van der Waals surface area contributed by atoms with Gasteiger partial charge in [-0.2, -0.15) is 0 Å². The highest BCUT2D eigenvalue weighted by molar-refractivity contribution is 5.98. The minimum absolute atomic E-state index is 0.0134. The average molecular weight is 800 g/mol. The van der Waals surface area contributed by atoms with Gasteiger partial charge in [0.15, 0.2) is 0 Å². The maximum Gasteiger partial charge on any atom is 0.326 e. The van der Waals surface area contributed by atoms with Crippen LogP contribution >= 0.6 is 0 Å². The van der Waals surface area contributed by atoms with E-state index in [9.17, 15) is 58.8 Å². The zero-order valence-corrected chi connectivity index (χ0v) is 31.8. The summed E-state index contributed by atoms with van der Waals surface area (Å²) in [6.07, 6.45) is -1.16. The lowest BCUT2D eigenvalue weighted by atomic mass is 10.0. The Morgan fingerprint density at radius 3 is 1.54 bits per heavy atom. The fourth-order valence-electron chi connectivity index (χ4n) is 5.63. The minimum atomic E-state index is -1.81. The summed E-state index contributed by atoms with van der Waals surface area (Å²) in [5.41, 5.74) is 12.6. The van der Waals surface area contributed by atoms with Crippen LogP contribution in [0.4, 0.5) is 0 Å². The van der Waals surface area contributed by atoms with Gasteiger partial charge in [0, 0.05) is 6.42 Å². The third-order valence-corrected chi connectivity index (χ3v) is 8.57. The van der Waals surface area contributed by atoms with E-state index < -0.39 is 96.5 Å². The predicted octanol–water partition coefficient (Wildman–Crippen LogP) is -0.862. The molecule has 0 spiro atoms. The molecule has 19 heteroatoms. The van der Waals surface area contributed by atoms with Crippen LogP contribution < -0.4 is 38.1 Å². The molecule has 0 heterocycles. The Balaban J connectivity index is 2.30. The lowest BCUT2D eigenvalue weighted by molar-refractivity contribution is -0.143. The van der Waals surface area contributed by atoms with Crippen molar-refractivity contribution in [1.82, 2.24) is 26.6 Å². The van der Waals surface area contributed by atoms with Crippen LogP contribution in [-0.2, 0) is 51.2 Å². The molecule has 6 atom stereocenters. The molecule has 0 saturated carbocycles. The summed E-state index contributed by atoms with van der Waals surface area (Å²) in [4.78, 5) is 103. The Kier molecular flexibility index (Phi) is 19.6. The third-order valence-electron chi connectivity index (χ3n) is 8.57. The van der Waals surface area contributed by atoms with Crippen LogP contribution in [0.25, 0.3) is 0 Å². The number of unbranched alkanes of at least 4 members (excludes halogenated alkanes) is 1. The van der Waals surface area contributed by atoms with Crippen molar-refractivity contribution in [1.29, 1.82) is 0 Å². The van der Waals surface area contributed by atoms with Gasteiger partial charge in [0.05, 0.1) is 18.9 Å². The largest absolute Gasteiger partial charge is 0.508 e. The van der Waals surface area contributed by atoms with E-state index in [0.29, 0.717) is 30.5 Å². The number of aliphatic carboxylic acids is 3. The third kappa shape index (κ3) is 17.5. The number of hydrogen-bond acceptors (Lipinski definition) is 11. The van der Waals surface area contributed by atoms with Gasteiger partial charge < -0.3 is 58.5 Å². The molecule has 0 saturated heterocycles. The van der Waals surface area contributed by atoms with Crippen molar-refractivity contribution in [2.24, 2.45) is 17.4 Å². The Morgan fingerprint density at radius 1 is 0.579 bits per heavy atom. The number of phenols is 1. The predicted molar refractivity (Wildman–Crippen MR) is 204 cm³/mol. The lowest BCUT2D eigenvalue weighted by Crippen LogP contribution is -2.60. The average Bonchev–Trinajstić information content (AvgIpc) is 3.13. The van der Waals surface area contributed by atoms with E-state index in [1.54, 1.807) is 44.2 Å². The molecule has 0 bridgehead atoms. The Morgan fingerprint density at radius 2 is 1.04 bits per heavy atom. The van der Waals surface area contributed by atoms with Crippen LogP contribution in [0.3, 0.4) is 0 Å². The zero-order valence-electron chi connectivity index (χ0n) is 31.8. The van der Waals surface area contributed by atoms with Gasteiger partial charge in [-0.05, 0) is 67.8 Å². The van der Waals surface area contributed by atoms with Crippen LogP contribution in [0.1, 0.15) is 63.5 Å². The number of carboxylic acids is 3. The molecule has 0 aliphatic carbocycles. The molecule has 0 fully saturated rings. The zero-order chi connectivity index (χ0) is 42.7. The van der Waals surface area contributed by atoms with Gasteiger partial charge in [0.2, 0.25) is 29.5 Å².